The van der Waals surface area contributed by atoms with Crippen LogP contribution in [0.5, 0.6) is 0 Å². The van der Waals surface area contributed by atoms with Crippen molar-refractivity contribution in [3.05, 3.63) is 57.3 Å². The largest absolute Gasteiger partial charge is 0.334 e. The van der Waals surface area contributed by atoms with Gasteiger partial charge in [0.05, 0.1) is 12.6 Å². The monoisotopic (exact) mass is 384 g/mol. The van der Waals surface area contributed by atoms with Gasteiger partial charge < -0.3 is 9.80 Å². The minimum atomic E-state index is -0.0614. The van der Waals surface area contributed by atoms with Crippen molar-refractivity contribution in [1.82, 2.24) is 9.80 Å². The second-order valence-corrected chi connectivity index (χ2v) is 8.19. The van der Waals surface area contributed by atoms with Crippen LogP contribution in [-0.2, 0) is 16.0 Å². The maximum absolute atomic E-state index is 13.2. The number of thiophene rings is 1. The molecule has 1 aromatic heterocycles. The van der Waals surface area contributed by atoms with E-state index in [9.17, 15) is 9.59 Å². The molecule has 1 aliphatic heterocycles. The summed E-state index contributed by atoms with van der Waals surface area (Å²) in [6, 6.07) is 10.4. The van der Waals surface area contributed by atoms with E-state index in [1.165, 1.54) is 21.6 Å². The Morgan fingerprint density at radius 2 is 2.00 bits per heavy atom. The molecule has 0 N–H and O–H groups in total. The van der Waals surface area contributed by atoms with Gasteiger partial charge in [-0.1, -0.05) is 37.6 Å². The van der Waals surface area contributed by atoms with Crippen molar-refractivity contribution < 1.29 is 9.59 Å². The Kier molecular flexibility index (Phi) is 6.32. The Balaban J connectivity index is 1.90. The number of benzene rings is 1. The molecule has 0 unspecified atom stereocenters. The standard InChI is InChI=1S/C22H28N2O2S/c1-4-5-12-23(17(3)25)15-21(26)24-13-10-20-19(11-14-27-20)22(24)18-9-7-6-8-16(18)2/h6-9,11,14,22H,4-5,10,12-13,15H2,1-3H3/t22-/m0/s1. The zero-order valence-corrected chi connectivity index (χ0v) is 17.2. The highest BCUT2D eigenvalue weighted by atomic mass is 32.1. The minimum Gasteiger partial charge on any atom is -0.334 e. The van der Waals surface area contributed by atoms with Crippen LogP contribution in [-0.4, -0.2) is 41.2 Å². The van der Waals surface area contributed by atoms with E-state index in [1.807, 2.05) is 17.0 Å². The molecule has 1 aliphatic rings. The van der Waals surface area contributed by atoms with Crippen molar-refractivity contribution in [2.24, 2.45) is 0 Å². The highest BCUT2D eigenvalue weighted by Gasteiger charge is 2.34. The molecular formula is C22H28N2O2S. The van der Waals surface area contributed by atoms with E-state index < -0.39 is 0 Å². The first-order valence-electron chi connectivity index (χ1n) is 9.69. The summed E-state index contributed by atoms with van der Waals surface area (Å²) < 4.78 is 0. The Bertz CT molecular complexity index is 814. The molecule has 0 fully saturated rings. The van der Waals surface area contributed by atoms with Gasteiger partial charge in [-0.2, -0.15) is 0 Å². The van der Waals surface area contributed by atoms with Gasteiger partial charge in [0.2, 0.25) is 11.8 Å². The molecule has 0 bridgehead atoms. The van der Waals surface area contributed by atoms with Gasteiger partial charge in [0.1, 0.15) is 0 Å². The number of amides is 2. The van der Waals surface area contributed by atoms with Gasteiger partial charge in [0.25, 0.3) is 0 Å². The number of hydrogen-bond acceptors (Lipinski definition) is 3. The SMILES string of the molecule is CCCCN(CC(=O)N1CCc2sccc2[C@@H]1c1ccccc1C)C(C)=O. The molecule has 5 heteroatoms. The van der Waals surface area contributed by atoms with E-state index in [4.69, 9.17) is 0 Å². The summed E-state index contributed by atoms with van der Waals surface area (Å²) in [4.78, 5) is 30.2. The topological polar surface area (TPSA) is 40.6 Å². The highest BCUT2D eigenvalue weighted by Crippen LogP contribution is 2.38. The molecule has 0 saturated carbocycles. The van der Waals surface area contributed by atoms with E-state index in [2.05, 4.69) is 37.4 Å². The van der Waals surface area contributed by atoms with Gasteiger partial charge >= 0.3 is 0 Å². The van der Waals surface area contributed by atoms with Crippen LogP contribution in [0, 0.1) is 6.92 Å². The Morgan fingerprint density at radius 3 is 2.70 bits per heavy atom. The number of unbranched alkanes of at least 4 members (excludes halogenated alkanes) is 1. The second-order valence-electron chi connectivity index (χ2n) is 7.19. The summed E-state index contributed by atoms with van der Waals surface area (Å²) in [6.07, 6.45) is 2.81. The van der Waals surface area contributed by atoms with Crippen molar-refractivity contribution in [3.8, 4) is 0 Å². The zero-order chi connectivity index (χ0) is 19.4. The first-order valence-corrected chi connectivity index (χ1v) is 10.6. The molecule has 0 radical (unpaired) electrons. The lowest BCUT2D eigenvalue weighted by molar-refractivity contribution is -0.140. The Labute approximate surface area is 165 Å². The highest BCUT2D eigenvalue weighted by molar-refractivity contribution is 7.10. The van der Waals surface area contributed by atoms with Crippen LogP contribution in [0.3, 0.4) is 0 Å². The van der Waals surface area contributed by atoms with E-state index >= 15 is 0 Å². The molecule has 1 atom stereocenters. The zero-order valence-electron chi connectivity index (χ0n) is 16.4. The molecule has 0 saturated heterocycles. The third kappa shape index (κ3) is 4.24. The maximum Gasteiger partial charge on any atom is 0.242 e. The van der Waals surface area contributed by atoms with Crippen LogP contribution in [0.1, 0.15) is 54.3 Å². The number of rotatable bonds is 6. The molecule has 0 spiro atoms. The maximum atomic E-state index is 13.2. The lowest BCUT2D eigenvalue weighted by Crippen LogP contribution is -2.46. The molecule has 2 amide bonds. The van der Waals surface area contributed by atoms with Gasteiger partial charge in [-0.15, -0.1) is 11.3 Å². The van der Waals surface area contributed by atoms with Gasteiger partial charge in [0, 0.05) is 24.9 Å². The normalized spacial score (nSPS) is 16.1. The van der Waals surface area contributed by atoms with Crippen molar-refractivity contribution in [1.29, 1.82) is 0 Å². The van der Waals surface area contributed by atoms with E-state index in [0.29, 0.717) is 13.1 Å². The third-order valence-electron chi connectivity index (χ3n) is 5.32. The van der Waals surface area contributed by atoms with Crippen LogP contribution < -0.4 is 0 Å². The van der Waals surface area contributed by atoms with Crippen LogP contribution in [0.15, 0.2) is 35.7 Å². The Hall–Kier alpha value is -2.14. The molecule has 4 nitrogen and oxygen atoms in total. The van der Waals surface area contributed by atoms with E-state index in [0.717, 1.165) is 19.3 Å². The summed E-state index contributed by atoms with van der Waals surface area (Å²) in [5.74, 6) is 0.00359. The number of aryl methyl sites for hydroxylation is 1. The molecule has 144 valence electrons. The molecule has 1 aromatic carbocycles. The Morgan fingerprint density at radius 1 is 1.22 bits per heavy atom. The quantitative estimate of drug-likeness (QED) is 0.750. The predicted molar refractivity (Wildman–Crippen MR) is 110 cm³/mol. The van der Waals surface area contributed by atoms with Gasteiger partial charge in [-0.25, -0.2) is 0 Å². The van der Waals surface area contributed by atoms with Crippen LogP contribution in [0.4, 0.5) is 0 Å². The second kappa shape index (κ2) is 8.70. The fraction of sp³-hybridized carbons (Fsp3) is 0.455. The minimum absolute atomic E-state index is 0.0301. The third-order valence-corrected chi connectivity index (χ3v) is 6.32. The van der Waals surface area contributed by atoms with Crippen molar-refractivity contribution >= 4 is 23.2 Å². The van der Waals surface area contributed by atoms with Crippen molar-refractivity contribution in [2.75, 3.05) is 19.6 Å². The van der Waals surface area contributed by atoms with Crippen molar-refractivity contribution in [2.45, 2.75) is 46.1 Å². The molecular weight excluding hydrogens is 356 g/mol. The predicted octanol–water partition coefficient (Wildman–Crippen LogP) is 4.18. The number of hydrogen-bond donors (Lipinski definition) is 0. The van der Waals surface area contributed by atoms with Crippen molar-refractivity contribution in [3.63, 3.8) is 0 Å². The first kappa shape index (κ1) is 19.6. The molecule has 0 aliphatic carbocycles. The van der Waals surface area contributed by atoms with Crippen LogP contribution in [0.2, 0.25) is 0 Å². The molecule has 2 aromatic rings. The molecule has 2 heterocycles. The number of carbonyl (C=O) groups is 2. The van der Waals surface area contributed by atoms with Gasteiger partial charge in [-0.3, -0.25) is 9.59 Å². The van der Waals surface area contributed by atoms with Gasteiger partial charge in [0.15, 0.2) is 0 Å². The fourth-order valence-electron chi connectivity index (χ4n) is 3.76. The molecule has 27 heavy (non-hydrogen) atoms. The number of fused-ring (bicyclic) bond motifs is 1. The van der Waals surface area contributed by atoms with E-state index in [1.54, 1.807) is 23.2 Å². The lowest BCUT2D eigenvalue weighted by Gasteiger charge is -2.38. The summed E-state index contributed by atoms with van der Waals surface area (Å²) in [7, 11) is 0. The van der Waals surface area contributed by atoms with E-state index in [-0.39, 0.29) is 24.4 Å². The van der Waals surface area contributed by atoms with Crippen LogP contribution >= 0.6 is 11.3 Å². The number of carbonyl (C=O) groups excluding carboxylic acids is 2. The summed E-state index contributed by atoms with van der Waals surface area (Å²) >= 11 is 1.77. The summed E-state index contributed by atoms with van der Waals surface area (Å²) in [6.45, 7) is 7.25. The smallest absolute Gasteiger partial charge is 0.242 e. The summed E-state index contributed by atoms with van der Waals surface area (Å²) in [5, 5.41) is 2.12. The number of nitrogens with zero attached hydrogens (tertiary/aromatic N) is 2. The lowest BCUT2D eigenvalue weighted by atomic mass is 9.90. The fourth-order valence-corrected chi connectivity index (χ4v) is 4.67. The first-order chi connectivity index (χ1) is 13.0. The van der Waals surface area contributed by atoms with Gasteiger partial charge in [-0.05, 0) is 47.9 Å². The average molecular weight is 385 g/mol. The van der Waals surface area contributed by atoms with Crippen LogP contribution in [0.25, 0.3) is 0 Å². The average Bonchev–Trinajstić information content (AvgIpc) is 3.13. The molecule has 3 rings (SSSR count). The summed E-state index contributed by atoms with van der Waals surface area (Å²) in [5.41, 5.74) is 3.60.